The summed E-state index contributed by atoms with van der Waals surface area (Å²) in [5.41, 5.74) is 3.15. The Kier molecular flexibility index (Phi) is 2.17. The van der Waals surface area contributed by atoms with Gasteiger partial charge in [-0.1, -0.05) is 0 Å². The van der Waals surface area contributed by atoms with E-state index in [0.717, 1.165) is 34.9 Å². The second-order valence-electron chi connectivity index (χ2n) is 4.07. The summed E-state index contributed by atoms with van der Waals surface area (Å²) >= 11 is 1.61. The molecule has 1 aliphatic rings. The van der Waals surface area contributed by atoms with Crippen molar-refractivity contribution in [2.75, 3.05) is 0 Å². The zero-order valence-electron chi connectivity index (χ0n) is 9.06. The first-order valence-corrected chi connectivity index (χ1v) is 6.29. The summed E-state index contributed by atoms with van der Waals surface area (Å²) in [4.78, 5) is 16.1. The van der Waals surface area contributed by atoms with Crippen molar-refractivity contribution in [3.05, 3.63) is 34.6 Å². The van der Waals surface area contributed by atoms with Gasteiger partial charge < -0.3 is 0 Å². The van der Waals surface area contributed by atoms with Crippen molar-refractivity contribution in [2.24, 2.45) is 0 Å². The molecule has 3 rings (SSSR count). The maximum Gasteiger partial charge on any atom is 0.193 e. The Morgan fingerprint density at radius 2 is 2.31 bits per heavy atom. The van der Waals surface area contributed by atoms with Crippen LogP contribution in [0.2, 0.25) is 0 Å². The van der Waals surface area contributed by atoms with E-state index in [4.69, 9.17) is 0 Å². The Labute approximate surface area is 97.7 Å². The van der Waals surface area contributed by atoms with Crippen molar-refractivity contribution in [2.45, 2.75) is 26.2 Å². The fraction of sp³-hybridized carbons (Fsp3) is 0.333. The predicted molar refractivity (Wildman–Crippen MR) is 63.4 cm³/mol. The number of rotatable bonds is 1. The number of carbonyl (C=O) groups excluding carboxylic acids is 1. The van der Waals surface area contributed by atoms with Gasteiger partial charge in [0.2, 0.25) is 0 Å². The number of aromatic nitrogens is 2. The molecular weight excluding hydrogens is 220 g/mol. The first kappa shape index (κ1) is 9.78. The minimum atomic E-state index is 0.277. The van der Waals surface area contributed by atoms with Crippen molar-refractivity contribution in [1.82, 2.24) is 9.55 Å². The number of nitrogens with zero attached hydrogens (tertiary/aromatic N) is 2. The van der Waals surface area contributed by atoms with Crippen LogP contribution in [0.25, 0.3) is 5.13 Å². The molecule has 0 spiro atoms. The van der Waals surface area contributed by atoms with E-state index in [9.17, 15) is 4.79 Å². The Balaban J connectivity index is 2.23. The van der Waals surface area contributed by atoms with Crippen molar-refractivity contribution in [3.63, 3.8) is 0 Å². The molecule has 82 valence electrons. The van der Waals surface area contributed by atoms with Crippen LogP contribution in [0.3, 0.4) is 0 Å². The van der Waals surface area contributed by atoms with Crippen molar-refractivity contribution in [3.8, 4) is 5.13 Å². The zero-order valence-corrected chi connectivity index (χ0v) is 9.88. The van der Waals surface area contributed by atoms with Crippen LogP contribution in [0.15, 0.2) is 17.6 Å². The average molecular weight is 232 g/mol. The number of hydrogen-bond donors (Lipinski definition) is 0. The SMILES string of the molecule is Cc1cc2c(n1-c1nccs1)CCCC2=O. The number of hydrogen-bond acceptors (Lipinski definition) is 3. The topological polar surface area (TPSA) is 34.9 Å². The Bertz CT molecular complexity index is 540. The maximum atomic E-state index is 11.8. The lowest BCUT2D eigenvalue weighted by Gasteiger charge is -2.13. The van der Waals surface area contributed by atoms with E-state index >= 15 is 0 Å². The van der Waals surface area contributed by atoms with Gasteiger partial charge in [0.05, 0.1) is 0 Å². The molecule has 2 aromatic rings. The van der Waals surface area contributed by atoms with Gasteiger partial charge in [0.1, 0.15) is 0 Å². The number of aryl methyl sites for hydroxylation is 1. The number of fused-ring (bicyclic) bond motifs is 1. The molecule has 2 aromatic heterocycles. The molecule has 0 amide bonds. The lowest BCUT2D eigenvalue weighted by atomic mass is 9.97. The van der Waals surface area contributed by atoms with Crippen LogP contribution in [0.1, 0.15) is 34.6 Å². The van der Waals surface area contributed by atoms with Crippen molar-refractivity contribution < 1.29 is 4.79 Å². The normalized spacial score (nSPS) is 15.2. The molecule has 0 unspecified atom stereocenters. The van der Waals surface area contributed by atoms with Gasteiger partial charge in [-0.25, -0.2) is 4.98 Å². The van der Waals surface area contributed by atoms with E-state index in [1.165, 1.54) is 0 Å². The van der Waals surface area contributed by atoms with E-state index < -0.39 is 0 Å². The number of carbonyl (C=O) groups is 1. The van der Waals surface area contributed by atoms with Crippen LogP contribution in [0, 0.1) is 6.92 Å². The predicted octanol–water partition coefficient (Wildman–Crippen LogP) is 2.76. The summed E-state index contributed by atoms with van der Waals surface area (Å²) in [6.07, 6.45) is 4.43. The van der Waals surface area contributed by atoms with Gasteiger partial charge in [0.25, 0.3) is 0 Å². The zero-order chi connectivity index (χ0) is 11.1. The molecule has 2 heterocycles. The Morgan fingerprint density at radius 1 is 1.44 bits per heavy atom. The van der Waals surface area contributed by atoms with Gasteiger partial charge in [-0.15, -0.1) is 11.3 Å². The summed E-state index contributed by atoms with van der Waals surface area (Å²) in [5, 5.41) is 2.93. The van der Waals surface area contributed by atoms with Crippen molar-refractivity contribution >= 4 is 17.1 Å². The largest absolute Gasteiger partial charge is 0.294 e. The van der Waals surface area contributed by atoms with Crippen LogP contribution in [0.5, 0.6) is 0 Å². The monoisotopic (exact) mass is 232 g/mol. The molecule has 1 aliphatic carbocycles. The summed E-state index contributed by atoms with van der Waals surface area (Å²) in [6.45, 7) is 2.03. The van der Waals surface area contributed by atoms with Gasteiger partial charge in [-0.3, -0.25) is 9.36 Å². The molecule has 16 heavy (non-hydrogen) atoms. The molecular formula is C12H12N2OS. The average Bonchev–Trinajstić information content (AvgIpc) is 2.85. The summed E-state index contributed by atoms with van der Waals surface area (Å²) < 4.78 is 2.12. The Morgan fingerprint density at radius 3 is 3.06 bits per heavy atom. The van der Waals surface area contributed by atoms with Crippen molar-refractivity contribution in [1.29, 1.82) is 0 Å². The highest BCUT2D eigenvalue weighted by Crippen LogP contribution is 2.28. The summed E-state index contributed by atoms with van der Waals surface area (Å²) in [7, 11) is 0. The highest BCUT2D eigenvalue weighted by atomic mass is 32.1. The second-order valence-corrected chi connectivity index (χ2v) is 4.95. The molecule has 0 aromatic carbocycles. The molecule has 0 fully saturated rings. The molecule has 3 nitrogen and oxygen atoms in total. The molecule has 4 heteroatoms. The van der Waals surface area contributed by atoms with E-state index in [2.05, 4.69) is 9.55 Å². The third-order valence-corrected chi connectivity index (χ3v) is 3.77. The number of thiazole rings is 1. The van der Waals surface area contributed by atoms with E-state index in [-0.39, 0.29) is 5.78 Å². The molecule has 0 saturated heterocycles. The highest BCUT2D eigenvalue weighted by Gasteiger charge is 2.23. The molecule has 0 atom stereocenters. The number of ketones is 1. The summed E-state index contributed by atoms with van der Waals surface area (Å²) in [5.74, 6) is 0.277. The Hall–Kier alpha value is -1.42. The smallest absolute Gasteiger partial charge is 0.193 e. The lowest BCUT2D eigenvalue weighted by Crippen LogP contribution is -2.12. The molecule has 0 radical (unpaired) electrons. The lowest BCUT2D eigenvalue weighted by molar-refractivity contribution is 0.0972. The first-order valence-electron chi connectivity index (χ1n) is 5.41. The summed E-state index contributed by atoms with van der Waals surface area (Å²) in [6, 6.07) is 2.00. The van der Waals surface area contributed by atoms with Gasteiger partial charge in [0.15, 0.2) is 10.9 Å². The van der Waals surface area contributed by atoms with Gasteiger partial charge in [0, 0.05) is 34.9 Å². The molecule has 0 bridgehead atoms. The fourth-order valence-electron chi connectivity index (χ4n) is 2.32. The van der Waals surface area contributed by atoms with E-state index in [0.29, 0.717) is 6.42 Å². The van der Waals surface area contributed by atoms with E-state index in [1.807, 2.05) is 18.4 Å². The maximum absolute atomic E-state index is 11.8. The van der Waals surface area contributed by atoms with Crippen LogP contribution < -0.4 is 0 Å². The standard InChI is InChI=1S/C12H12N2OS/c1-8-7-9-10(3-2-4-11(9)15)14(8)12-13-5-6-16-12/h5-7H,2-4H2,1H3. The van der Waals surface area contributed by atoms with Crippen LogP contribution in [0.4, 0.5) is 0 Å². The molecule has 0 N–H and O–H groups in total. The third-order valence-electron chi connectivity index (χ3n) is 3.02. The third kappa shape index (κ3) is 1.33. The fourth-order valence-corrected chi connectivity index (χ4v) is 3.05. The highest BCUT2D eigenvalue weighted by molar-refractivity contribution is 7.12. The van der Waals surface area contributed by atoms with Crippen LogP contribution in [-0.2, 0) is 6.42 Å². The molecule has 0 aliphatic heterocycles. The first-order chi connectivity index (χ1) is 7.77. The van der Waals surface area contributed by atoms with E-state index in [1.54, 1.807) is 17.5 Å². The second kappa shape index (κ2) is 3.56. The van der Waals surface area contributed by atoms with Gasteiger partial charge in [-0.2, -0.15) is 0 Å². The van der Waals surface area contributed by atoms with Gasteiger partial charge >= 0.3 is 0 Å². The molecule has 0 saturated carbocycles. The van der Waals surface area contributed by atoms with Crippen LogP contribution >= 0.6 is 11.3 Å². The minimum Gasteiger partial charge on any atom is -0.294 e. The minimum absolute atomic E-state index is 0.277. The van der Waals surface area contributed by atoms with Crippen LogP contribution in [-0.4, -0.2) is 15.3 Å². The number of Topliss-reactive ketones (excluding diaryl/α,β-unsaturated/α-hetero) is 1. The van der Waals surface area contributed by atoms with Gasteiger partial charge in [-0.05, 0) is 25.8 Å². The quantitative estimate of drug-likeness (QED) is 0.757.